The van der Waals surface area contributed by atoms with Crippen LogP contribution in [0.25, 0.3) is 22.2 Å². The summed E-state index contributed by atoms with van der Waals surface area (Å²) in [5.41, 5.74) is 6.09. The molecule has 4 N–H and O–H groups in total. The molecule has 0 unspecified atom stereocenters. The van der Waals surface area contributed by atoms with Crippen LogP contribution in [-0.2, 0) is 5.60 Å². The highest BCUT2D eigenvalue weighted by atomic mass is 35.5. The van der Waals surface area contributed by atoms with Gasteiger partial charge in [-0.1, -0.05) is 37.3 Å². The van der Waals surface area contributed by atoms with Crippen LogP contribution in [0.15, 0.2) is 30.6 Å². The minimum Gasteiger partial charge on any atom is -0.393 e. The molecule has 166 valence electrons. The topological polar surface area (TPSA) is 105 Å². The van der Waals surface area contributed by atoms with Gasteiger partial charge in [0.2, 0.25) is 5.95 Å². The number of aromatic nitrogens is 3. The van der Waals surface area contributed by atoms with Crippen LogP contribution in [0, 0.1) is 5.82 Å². The van der Waals surface area contributed by atoms with E-state index in [1.54, 1.807) is 26.0 Å². The summed E-state index contributed by atoms with van der Waals surface area (Å²) in [6.45, 7) is 3.27. The van der Waals surface area contributed by atoms with Crippen molar-refractivity contribution in [3.63, 3.8) is 0 Å². The standard InChI is InChI=1S/C16H14ClFN4O.C7H14O/c1-16(2,23)10-4-8-3-9(5-12(18)14(8)20-6-10)13-11(17)7-21-15(19)22-13;8-7-5-3-1-2-4-6-7/h3-7,23H,1-2H3,(H2,19,21,22);7-8H,1-6H2. The van der Waals surface area contributed by atoms with E-state index in [4.69, 9.17) is 22.4 Å². The normalized spacial score (nSPS) is 15.3. The Hall–Kier alpha value is -2.35. The molecule has 8 heteroatoms. The fourth-order valence-corrected chi connectivity index (χ4v) is 3.72. The van der Waals surface area contributed by atoms with Gasteiger partial charge in [0.05, 0.1) is 28.6 Å². The van der Waals surface area contributed by atoms with Crippen molar-refractivity contribution in [3.8, 4) is 11.3 Å². The van der Waals surface area contributed by atoms with E-state index in [1.165, 1.54) is 44.1 Å². The number of pyridine rings is 1. The third-order valence-electron chi connectivity index (χ3n) is 5.30. The zero-order valence-electron chi connectivity index (χ0n) is 17.8. The van der Waals surface area contributed by atoms with Crippen LogP contribution in [0.2, 0.25) is 5.02 Å². The number of hydrogen-bond donors (Lipinski definition) is 3. The summed E-state index contributed by atoms with van der Waals surface area (Å²) in [6.07, 6.45) is 10.1. The van der Waals surface area contributed by atoms with E-state index in [-0.39, 0.29) is 22.6 Å². The molecule has 0 bridgehead atoms. The molecule has 1 aliphatic carbocycles. The number of anilines is 1. The molecule has 1 aromatic carbocycles. The highest BCUT2D eigenvalue weighted by molar-refractivity contribution is 6.33. The number of halogens is 2. The molecule has 3 aromatic rings. The van der Waals surface area contributed by atoms with Crippen molar-refractivity contribution in [2.45, 2.75) is 64.1 Å². The second kappa shape index (κ2) is 9.85. The van der Waals surface area contributed by atoms with Crippen LogP contribution in [0.5, 0.6) is 0 Å². The maximum Gasteiger partial charge on any atom is 0.220 e. The van der Waals surface area contributed by atoms with Crippen molar-refractivity contribution < 1.29 is 14.6 Å². The Morgan fingerprint density at radius 3 is 2.39 bits per heavy atom. The molecule has 31 heavy (non-hydrogen) atoms. The van der Waals surface area contributed by atoms with E-state index >= 15 is 0 Å². The van der Waals surface area contributed by atoms with Crippen LogP contribution in [0.3, 0.4) is 0 Å². The fourth-order valence-electron chi connectivity index (χ4n) is 3.52. The summed E-state index contributed by atoms with van der Waals surface area (Å²) in [5.74, 6) is -0.457. The van der Waals surface area contributed by atoms with Crippen molar-refractivity contribution >= 4 is 28.5 Å². The van der Waals surface area contributed by atoms with E-state index < -0.39 is 11.4 Å². The Morgan fingerprint density at radius 2 is 1.74 bits per heavy atom. The molecule has 1 aliphatic rings. The van der Waals surface area contributed by atoms with Crippen LogP contribution >= 0.6 is 11.6 Å². The van der Waals surface area contributed by atoms with Gasteiger partial charge in [-0.25, -0.2) is 14.4 Å². The molecule has 0 aliphatic heterocycles. The fraction of sp³-hybridized carbons (Fsp3) is 0.435. The number of aliphatic hydroxyl groups is 2. The van der Waals surface area contributed by atoms with E-state index in [1.807, 2.05) is 0 Å². The Balaban J connectivity index is 0.000000287. The summed E-state index contributed by atoms with van der Waals surface area (Å²) in [4.78, 5) is 11.9. The smallest absolute Gasteiger partial charge is 0.220 e. The van der Waals surface area contributed by atoms with Crippen molar-refractivity contribution in [1.82, 2.24) is 15.0 Å². The molecule has 1 saturated carbocycles. The molecule has 1 fully saturated rings. The van der Waals surface area contributed by atoms with E-state index in [0.29, 0.717) is 22.2 Å². The van der Waals surface area contributed by atoms with Crippen molar-refractivity contribution in [2.75, 3.05) is 5.73 Å². The lowest BCUT2D eigenvalue weighted by Gasteiger charge is -2.18. The van der Waals surface area contributed by atoms with Gasteiger partial charge in [0, 0.05) is 22.7 Å². The lowest BCUT2D eigenvalue weighted by Crippen LogP contribution is -2.15. The largest absolute Gasteiger partial charge is 0.393 e. The first-order chi connectivity index (χ1) is 14.6. The van der Waals surface area contributed by atoms with Gasteiger partial charge < -0.3 is 15.9 Å². The second-order valence-electron chi connectivity index (χ2n) is 8.38. The van der Waals surface area contributed by atoms with Gasteiger partial charge in [0.15, 0.2) is 0 Å². The van der Waals surface area contributed by atoms with Crippen LogP contribution in [0.4, 0.5) is 10.3 Å². The zero-order chi connectivity index (χ0) is 22.6. The monoisotopic (exact) mass is 446 g/mol. The summed E-state index contributed by atoms with van der Waals surface area (Å²) in [6, 6.07) is 4.69. The first kappa shape index (κ1) is 23.3. The Morgan fingerprint density at radius 1 is 1.06 bits per heavy atom. The molecular formula is C23H28ClFN4O2. The molecule has 0 radical (unpaired) electrons. The highest BCUT2D eigenvalue weighted by Gasteiger charge is 2.18. The maximum atomic E-state index is 14.4. The van der Waals surface area contributed by atoms with Gasteiger partial charge in [-0.15, -0.1) is 0 Å². The average molecular weight is 447 g/mol. The molecule has 0 amide bonds. The lowest BCUT2D eigenvalue weighted by atomic mass is 9.98. The van der Waals surface area contributed by atoms with Crippen LogP contribution in [0.1, 0.15) is 57.9 Å². The van der Waals surface area contributed by atoms with Crippen LogP contribution < -0.4 is 5.73 Å². The molecule has 0 saturated heterocycles. The number of hydrogen-bond acceptors (Lipinski definition) is 6. The summed E-state index contributed by atoms with van der Waals surface area (Å²) >= 11 is 6.08. The van der Waals surface area contributed by atoms with E-state index in [0.717, 1.165) is 12.8 Å². The molecule has 2 heterocycles. The number of fused-ring (bicyclic) bond motifs is 1. The SMILES string of the molecule is CC(C)(O)c1cnc2c(F)cc(-c3nc(N)ncc3Cl)cc2c1.OC1CCCCCC1. The molecule has 0 spiro atoms. The third-order valence-corrected chi connectivity index (χ3v) is 5.58. The minimum atomic E-state index is -1.08. The van der Waals surface area contributed by atoms with E-state index in [9.17, 15) is 9.50 Å². The second-order valence-corrected chi connectivity index (χ2v) is 8.79. The zero-order valence-corrected chi connectivity index (χ0v) is 18.5. The van der Waals surface area contributed by atoms with Crippen LogP contribution in [-0.4, -0.2) is 31.3 Å². The molecule has 6 nitrogen and oxygen atoms in total. The molecule has 4 rings (SSSR count). The Labute approximate surface area is 186 Å². The van der Waals surface area contributed by atoms with Gasteiger partial charge in [-0.2, -0.15) is 0 Å². The number of nitrogen functional groups attached to an aromatic ring is 1. The first-order valence-electron chi connectivity index (χ1n) is 10.4. The van der Waals surface area contributed by atoms with Gasteiger partial charge in [-0.3, -0.25) is 4.98 Å². The predicted molar refractivity (Wildman–Crippen MR) is 121 cm³/mol. The number of nitrogens with two attached hydrogens (primary N) is 1. The minimum absolute atomic E-state index is 0.0255. The van der Waals surface area contributed by atoms with Gasteiger partial charge >= 0.3 is 0 Å². The molecule has 0 atom stereocenters. The number of nitrogens with zero attached hydrogens (tertiary/aromatic N) is 3. The third kappa shape index (κ3) is 6.09. The Kier molecular flexibility index (Phi) is 7.41. The quantitative estimate of drug-likeness (QED) is 0.478. The lowest BCUT2D eigenvalue weighted by molar-refractivity contribution is 0.0784. The first-order valence-corrected chi connectivity index (χ1v) is 10.8. The van der Waals surface area contributed by atoms with Gasteiger partial charge in [0.1, 0.15) is 11.3 Å². The number of benzene rings is 1. The van der Waals surface area contributed by atoms with Crippen molar-refractivity contribution in [1.29, 1.82) is 0 Å². The van der Waals surface area contributed by atoms with Gasteiger partial charge in [0.25, 0.3) is 0 Å². The average Bonchev–Trinajstić information content (AvgIpc) is 2.96. The maximum absolute atomic E-state index is 14.4. The summed E-state index contributed by atoms with van der Waals surface area (Å²) in [5, 5.41) is 20.0. The number of aliphatic hydroxyl groups excluding tert-OH is 1. The molecular weight excluding hydrogens is 419 g/mol. The van der Waals surface area contributed by atoms with E-state index in [2.05, 4.69) is 15.0 Å². The number of rotatable bonds is 2. The highest BCUT2D eigenvalue weighted by Crippen LogP contribution is 2.31. The predicted octanol–water partition coefficient (Wildman–Crippen LogP) is 5.00. The van der Waals surface area contributed by atoms with Crippen molar-refractivity contribution in [2.24, 2.45) is 0 Å². The molecule has 2 aromatic heterocycles. The van der Waals surface area contributed by atoms with Crippen molar-refractivity contribution in [3.05, 3.63) is 47.0 Å². The van der Waals surface area contributed by atoms with Gasteiger partial charge in [-0.05, 0) is 44.9 Å². The summed E-state index contributed by atoms with van der Waals surface area (Å²) in [7, 11) is 0. The summed E-state index contributed by atoms with van der Waals surface area (Å²) < 4.78 is 14.4. The Bertz CT molecular complexity index is 1050.